The zero-order chi connectivity index (χ0) is 21.7. The maximum Gasteiger partial charge on any atom is 0.310 e. The molecule has 0 aromatic heterocycles. The van der Waals surface area contributed by atoms with Crippen LogP contribution in [0.5, 0.6) is 0 Å². The Kier molecular flexibility index (Phi) is 7.15. The van der Waals surface area contributed by atoms with Gasteiger partial charge in [0, 0.05) is 23.7 Å². The molecule has 0 bridgehead atoms. The van der Waals surface area contributed by atoms with Crippen molar-refractivity contribution in [2.24, 2.45) is 10.3 Å². The number of hydrogen-bond donors (Lipinski definition) is 0. The van der Waals surface area contributed by atoms with Crippen molar-refractivity contribution in [1.29, 1.82) is 0 Å². The summed E-state index contributed by atoms with van der Waals surface area (Å²) in [6, 6.07) is 13.4. The molecule has 0 amide bonds. The van der Waals surface area contributed by atoms with Crippen molar-refractivity contribution < 1.29 is 17.9 Å². The summed E-state index contributed by atoms with van der Waals surface area (Å²) in [5, 5.41) is 0.544. The molecule has 160 valence electrons. The van der Waals surface area contributed by atoms with Crippen LogP contribution in [-0.2, 0) is 19.6 Å². The largest absolute Gasteiger partial charge is 0.466 e. The summed E-state index contributed by atoms with van der Waals surface area (Å²) in [5.41, 5.74) is 1.59. The van der Waals surface area contributed by atoms with Crippen molar-refractivity contribution in [3.8, 4) is 0 Å². The van der Waals surface area contributed by atoms with Gasteiger partial charge in [-0.15, -0.1) is 4.40 Å². The van der Waals surface area contributed by atoms with Gasteiger partial charge in [-0.2, -0.15) is 8.42 Å². The second-order valence-electron chi connectivity index (χ2n) is 7.25. The SMILES string of the molecule is CCOC(=O)C1CCCN(/C(=N\S(=O)(=O)c2ccc(C)cc2)c2ccc(Cl)cc2)C1. The number of sulfonamides is 1. The lowest BCUT2D eigenvalue weighted by Crippen LogP contribution is -2.43. The average Bonchev–Trinajstić information content (AvgIpc) is 2.73. The normalized spacial score (nSPS) is 17.6. The van der Waals surface area contributed by atoms with Gasteiger partial charge < -0.3 is 9.64 Å². The number of carbonyl (C=O) groups excluding carboxylic acids is 1. The molecule has 6 nitrogen and oxygen atoms in total. The minimum Gasteiger partial charge on any atom is -0.466 e. The van der Waals surface area contributed by atoms with E-state index in [1.54, 1.807) is 55.5 Å². The molecule has 0 saturated carbocycles. The summed E-state index contributed by atoms with van der Waals surface area (Å²) in [5.74, 6) is -0.279. The molecule has 2 aromatic carbocycles. The Balaban J connectivity index is 2.00. The van der Waals surface area contributed by atoms with E-state index in [0.717, 1.165) is 12.0 Å². The number of rotatable bonds is 5. The van der Waals surface area contributed by atoms with Gasteiger partial charge in [0.1, 0.15) is 5.84 Å². The third-order valence-electron chi connectivity index (χ3n) is 4.97. The molecule has 1 fully saturated rings. The summed E-state index contributed by atoms with van der Waals surface area (Å²) in [6.07, 6.45) is 1.44. The molecule has 1 atom stereocenters. The number of ether oxygens (including phenoxy) is 1. The number of nitrogens with zero attached hydrogens (tertiary/aromatic N) is 2. The lowest BCUT2D eigenvalue weighted by Gasteiger charge is -2.33. The van der Waals surface area contributed by atoms with Crippen molar-refractivity contribution in [1.82, 2.24) is 4.90 Å². The fourth-order valence-electron chi connectivity index (χ4n) is 3.39. The number of aryl methyl sites for hydroxylation is 1. The van der Waals surface area contributed by atoms with E-state index in [1.165, 1.54) is 0 Å². The Morgan fingerprint density at radius 2 is 1.83 bits per heavy atom. The lowest BCUT2D eigenvalue weighted by atomic mass is 9.97. The van der Waals surface area contributed by atoms with E-state index in [2.05, 4.69) is 4.40 Å². The van der Waals surface area contributed by atoms with Gasteiger partial charge in [0.2, 0.25) is 0 Å². The van der Waals surface area contributed by atoms with Gasteiger partial charge in [-0.25, -0.2) is 0 Å². The number of halogens is 1. The molecule has 0 spiro atoms. The second kappa shape index (κ2) is 9.62. The number of likely N-dealkylation sites (tertiary alicyclic amines) is 1. The van der Waals surface area contributed by atoms with E-state index in [0.29, 0.717) is 42.5 Å². The molecule has 3 rings (SSSR count). The van der Waals surface area contributed by atoms with Crippen LogP contribution in [0.2, 0.25) is 5.02 Å². The third-order valence-corrected chi connectivity index (χ3v) is 6.50. The van der Waals surface area contributed by atoms with Crippen LogP contribution in [-0.4, -0.2) is 44.8 Å². The Morgan fingerprint density at radius 1 is 1.17 bits per heavy atom. The van der Waals surface area contributed by atoms with E-state index in [4.69, 9.17) is 16.3 Å². The van der Waals surface area contributed by atoms with Gasteiger partial charge in [-0.3, -0.25) is 4.79 Å². The molecule has 1 aliphatic rings. The van der Waals surface area contributed by atoms with Crippen LogP contribution in [0, 0.1) is 12.8 Å². The number of piperidine rings is 1. The molecule has 0 radical (unpaired) electrons. The van der Waals surface area contributed by atoms with E-state index in [9.17, 15) is 13.2 Å². The molecule has 8 heteroatoms. The van der Waals surface area contributed by atoms with E-state index < -0.39 is 10.0 Å². The maximum atomic E-state index is 13.0. The highest BCUT2D eigenvalue weighted by Crippen LogP contribution is 2.23. The van der Waals surface area contributed by atoms with Gasteiger partial charge >= 0.3 is 5.97 Å². The minimum absolute atomic E-state index is 0.124. The molecule has 2 aromatic rings. The number of carbonyl (C=O) groups is 1. The van der Waals surface area contributed by atoms with Crippen molar-refractivity contribution >= 4 is 33.4 Å². The van der Waals surface area contributed by atoms with Crippen LogP contribution < -0.4 is 0 Å². The molecule has 0 aliphatic carbocycles. The molecule has 1 heterocycles. The standard InChI is InChI=1S/C22H25ClN2O4S/c1-3-29-22(26)18-5-4-14-25(15-18)21(17-8-10-19(23)11-9-17)24-30(27,28)20-12-6-16(2)7-13-20/h6-13,18H,3-5,14-15H2,1-2H3/b24-21-. The van der Waals surface area contributed by atoms with E-state index in [1.807, 2.05) is 11.8 Å². The van der Waals surface area contributed by atoms with Gasteiger partial charge in [0.15, 0.2) is 0 Å². The minimum atomic E-state index is -3.93. The predicted molar refractivity (Wildman–Crippen MR) is 117 cm³/mol. The van der Waals surface area contributed by atoms with Crippen LogP contribution in [0.3, 0.4) is 0 Å². The summed E-state index contributed by atoms with van der Waals surface area (Å²) < 4.78 is 35.4. The van der Waals surface area contributed by atoms with Crippen LogP contribution in [0.15, 0.2) is 57.8 Å². The summed E-state index contributed by atoms with van der Waals surface area (Å²) in [7, 11) is -3.93. The molecule has 1 aliphatic heterocycles. The molecule has 1 unspecified atom stereocenters. The maximum absolute atomic E-state index is 13.0. The monoisotopic (exact) mass is 448 g/mol. The van der Waals surface area contributed by atoms with Crippen LogP contribution in [0.25, 0.3) is 0 Å². The van der Waals surface area contributed by atoms with Crippen LogP contribution >= 0.6 is 11.6 Å². The Bertz CT molecular complexity index is 1020. The fourth-order valence-corrected chi connectivity index (χ4v) is 4.55. The highest BCUT2D eigenvalue weighted by atomic mass is 35.5. The van der Waals surface area contributed by atoms with Gasteiger partial charge in [-0.1, -0.05) is 29.3 Å². The Labute approximate surface area is 182 Å². The first-order valence-electron chi connectivity index (χ1n) is 9.89. The molecular formula is C22H25ClN2O4S. The van der Waals surface area contributed by atoms with E-state index in [-0.39, 0.29) is 16.8 Å². The molecule has 0 N–H and O–H groups in total. The zero-order valence-corrected chi connectivity index (χ0v) is 18.6. The molecule has 30 heavy (non-hydrogen) atoms. The predicted octanol–water partition coefficient (Wildman–Crippen LogP) is 4.06. The third kappa shape index (κ3) is 5.40. The average molecular weight is 449 g/mol. The highest BCUT2D eigenvalue weighted by molar-refractivity contribution is 7.90. The molecular weight excluding hydrogens is 424 g/mol. The van der Waals surface area contributed by atoms with Crippen molar-refractivity contribution in [2.45, 2.75) is 31.6 Å². The van der Waals surface area contributed by atoms with Crippen molar-refractivity contribution in [3.63, 3.8) is 0 Å². The summed E-state index contributed by atoms with van der Waals surface area (Å²) >= 11 is 6.01. The van der Waals surface area contributed by atoms with Gasteiger partial charge in [0.05, 0.1) is 17.4 Å². The van der Waals surface area contributed by atoms with Crippen molar-refractivity contribution in [2.75, 3.05) is 19.7 Å². The first-order chi connectivity index (χ1) is 14.3. The summed E-state index contributed by atoms with van der Waals surface area (Å²) in [6.45, 7) is 4.93. The number of amidine groups is 1. The van der Waals surface area contributed by atoms with Gasteiger partial charge in [-0.05, 0) is 63.1 Å². The lowest BCUT2D eigenvalue weighted by molar-refractivity contribution is -0.149. The first-order valence-corrected chi connectivity index (χ1v) is 11.7. The molecule has 1 saturated heterocycles. The van der Waals surface area contributed by atoms with Crippen LogP contribution in [0.4, 0.5) is 0 Å². The zero-order valence-electron chi connectivity index (χ0n) is 17.0. The topological polar surface area (TPSA) is 76.0 Å². The second-order valence-corrected chi connectivity index (χ2v) is 9.29. The Morgan fingerprint density at radius 3 is 2.47 bits per heavy atom. The Hall–Kier alpha value is -2.38. The van der Waals surface area contributed by atoms with Crippen molar-refractivity contribution in [3.05, 3.63) is 64.7 Å². The first kappa shape index (κ1) is 22.3. The van der Waals surface area contributed by atoms with Crippen LogP contribution in [0.1, 0.15) is 30.9 Å². The highest BCUT2D eigenvalue weighted by Gasteiger charge is 2.30. The van der Waals surface area contributed by atoms with E-state index >= 15 is 0 Å². The number of hydrogen-bond acceptors (Lipinski definition) is 4. The fraction of sp³-hybridized carbons (Fsp3) is 0.364. The smallest absolute Gasteiger partial charge is 0.310 e. The number of esters is 1. The number of benzene rings is 2. The quantitative estimate of drug-likeness (QED) is 0.391. The van der Waals surface area contributed by atoms with Gasteiger partial charge in [0.25, 0.3) is 10.0 Å². The summed E-state index contributed by atoms with van der Waals surface area (Å²) in [4.78, 5) is 14.2.